The van der Waals surface area contributed by atoms with Crippen molar-refractivity contribution in [2.45, 2.75) is 32.5 Å². The molecule has 6 nitrogen and oxygen atoms in total. The van der Waals surface area contributed by atoms with Crippen LogP contribution in [0.1, 0.15) is 23.1 Å². The van der Waals surface area contributed by atoms with Crippen molar-refractivity contribution in [2.75, 3.05) is 13.7 Å². The Morgan fingerprint density at radius 3 is 2.73 bits per heavy atom. The van der Waals surface area contributed by atoms with E-state index in [4.69, 9.17) is 9.47 Å². The molecule has 1 aliphatic rings. The Morgan fingerprint density at radius 2 is 2.00 bits per heavy atom. The lowest BCUT2D eigenvalue weighted by Crippen LogP contribution is -2.47. The van der Waals surface area contributed by atoms with Crippen molar-refractivity contribution >= 4 is 27.9 Å². The zero-order valence-corrected chi connectivity index (χ0v) is 18.6. The van der Waals surface area contributed by atoms with Gasteiger partial charge in [-0.25, -0.2) is 4.79 Å². The van der Waals surface area contributed by atoms with E-state index in [2.05, 4.69) is 21.2 Å². The number of halogens is 1. The first kappa shape index (κ1) is 21.9. The molecule has 2 amide bonds. The Morgan fingerprint density at radius 1 is 1.23 bits per heavy atom. The Labute approximate surface area is 185 Å². The zero-order chi connectivity index (χ0) is 21.5. The van der Waals surface area contributed by atoms with E-state index in [0.717, 1.165) is 26.9 Å². The quantitative estimate of drug-likeness (QED) is 0.679. The van der Waals surface area contributed by atoms with Crippen molar-refractivity contribution in [2.24, 2.45) is 0 Å². The van der Waals surface area contributed by atoms with Crippen LogP contribution in [0, 0.1) is 6.92 Å². The standard InChI is InChI=1S/C23H25BrN2O4/c1-16-8-9-18(21(12-16)29-2)13-26-14-19(24)10-11-20(22(26)27)25-23(28)30-15-17-6-4-3-5-7-17/h3-10,12,20H,11,13-15H2,1-2H3,(H,25,28)/t20-/m1/s1. The molecule has 0 fully saturated rings. The predicted octanol–water partition coefficient (Wildman–Crippen LogP) is 4.31. The van der Waals surface area contributed by atoms with Gasteiger partial charge in [-0.1, -0.05) is 64.5 Å². The number of carbonyl (C=O) groups is 2. The molecule has 7 heteroatoms. The van der Waals surface area contributed by atoms with Crippen LogP contribution in [-0.4, -0.2) is 36.6 Å². The van der Waals surface area contributed by atoms with E-state index < -0.39 is 12.1 Å². The molecular weight excluding hydrogens is 448 g/mol. The van der Waals surface area contributed by atoms with Gasteiger partial charge in [0.05, 0.1) is 13.7 Å². The first-order valence-electron chi connectivity index (χ1n) is 9.70. The molecule has 30 heavy (non-hydrogen) atoms. The molecule has 0 saturated heterocycles. The molecule has 0 unspecified atom stereocenters. The molecule has 3 rings (SSSR count). The number of amides is 2. The van der Waals surface area contributed by atoms with E-state index in [1.54, 1.807) is 12.0 Å². The molecule has 0 saturated carbocycles. The van der Waals surface area contributed by atoms with Crippen LogP contribution < -0.4 is 10.1 Å². The molecule has 0 spiro atoms. The highest BCUT2D eigenvalue weighted by Gasteiger charge is 2.29. The predicted molar refractivity (Wildman–Crippen MR) is 118 cm³/mol. The van der Waals surface area contributed by atoms with Crippen molar-refractivity contribution in [3.8, 4) is 5.75 Å². The maximum Gasteiger partial charge on any atom is 0.408 e. The van der Waals surface area contributed by atoms with Gasteiger partial charge in [0, 0.05) is 16.6 Å². The average Bonchev–Trinajstić information content (AvgIpc) is 2.87. The van der Waals surface area contributed by atoms with Crippen LogP contribution in [0.25, 0.3) is 0 Å². The summed E-state index contributed by atoms with van der Waals surface area (Å²) in [5.41, 5.74) is 2.87. The maximum atomic E-state index is 13.1. The Bertz CT molecular complexity index is 930. The van der Waals surface area contributed by atoms with Gasteiger partial charge in [-0.05, 0) is 30.5 Å². The normalized spacial score (nSPS) is 16.5. The molecule has 1 N–H and O–H groups in total. The largest absolute Gasteiger partial charge is 0.496 e. The highest BCUT2D eigenvalue weighted by Crippen LogP contribution is 2.24. The van der Waals surface area contributed by atoms with E-state index in [1.165, 1.54) is 0 Å². The number of hydrogen-bond acceptors (Lipinski definition) is 4. The lowest BCUT2D eigenvalue weighted by Gasteiger charge is -2.26. The number of rotatable bonds is 6. The lowest BCUT2D eigenvalue weighted by molar-refractivity contribution is -0.133. The van der Waals surface area contributed by atoms with Gasteiger partial charge in [0.15, 0.2) is 0 Å². The van der Waals surface area contributed by atoms with Gasteiger partial charge in [0.25, 0.3) is 0 Å². The zero-order valence-electron chi connectivity index (χ0n) is 17.1. The van der Waals surface area contributed by atoms with E-state index in [9.17, 15) is 9.59 Å². The molecule has 1 aliphatic heterocycles. The second-order valence-corrected chi connectivity index (χ2v) is 8.17. The van der Waals surface area contributed by atoms with Crippen LogP contribution >= 0.6 is 15.9 Å². The Balaban J connectivity index is 1.67. The number of carbonyl (C=O) groups excluding carboxylic acids is 2. The van der Waals surface area contributed by atoms with Crippen molar-refractivity contribution in [1.29, 1.82) is 0 Å². The summed E-state index contributed by atoms with van der Waals surface area (Å²) in [5.74, 6) is 0.568. The molecule has 1 heterocycles. The van der Waals surface area contributed by atoms with E-state index >= 15 is 0 Å². The van der Waals surface area contributed by atoms with Crippen LogP contribution in [0.2, 0.25) is 0 Å². The molecular formula is C23H25BrN2O4. The number of ether oxygens (including phenoxy) is 2. The summed E-state index contributed by atoms with van der Waals surface area (Å²) >= 11 is 3.51. The van der Waals surface area contributed by atoms with Gasteiger partial charge < -0.3 is 19.7 Å². The topological polar surface area (TPSA) is 67.9 Å². The molecule has 0 aliphatic carbocycles. The lowest BCUT2D eigenvalue weighted by atomic mass is 10.1. The minimum absolute atomic E-state index is 0.150. The third kappa shape index (κ3) is 5.86. The van der Waals surface area contributed by atoms with Gasteiger partial charge in [-0.2, -0.15) is 0 Å². The first-order chi connectivity index (χ1) is 14.5. The summed E-state index contributed by atoms with van der Waals surface area (Å²) in [4.78, 5) is 27.1. The van der Waals surface area contributed by atoms with Crippen LogP contribution in [0.4, 0.5) is 4.79 Å². The van der Waals surface area contributed by atoms with Crippen molar-refractivity contribution in [3.05, 3.63) is 75.8 Å². The highest BCUT2D eigenvalue weighted by atomic mass is 79.9. The molecule has 158 valence electrons. The molecule has 0 aromatic heterocycles. The first-order valence-corrected chi connectivity index (χ1v) is 10.5. The minimum Gasteiger partial charge on any atom is -0.496 e. The SMILES string of the molecule is COc1cc(C)ccc1CN1CC(Br)=CC[C@@H](NC(=O)OCc2ccccc2)C1=O. The van der Waals surface area contributed by atoms with Crippen molar-refractivity contribution < 1.29 is 19.1 Å². The third-order valence-electron chi connectivity index (χ3n) is 4.84. The summed E-state index contributed by atoms with van der Waals surface area (Å²) in [6, 6.07) is 14.6. The monoisotopic (exact) mass is 472 g/mol. The van der Waals surface area contributed by atoms with Gasteiger partial charge in [-0.3, -0.25) is 4.79 Å². The molecule has 0 bridgehead atoms. The number of alkyl carbamates (subject to hydrolysis) is 1. The fourth-order valence-electron chi connectivity index (χ4n) is 3.24. The maximum absolute atomic E-state index is 13.1. The smallest absolute Gasteiger partial charge is 0.408 e. The number of aryl methyl sites for hydroxylation is 1. The fourth-order valence-corrected chi connectivity index (χ4v) is 3.73. The Kier molecular flexibility index (Phi) is 7.52. The number of nitrogens with zero attached hydrogens (tertiary/aromatic N) is 1. The number of nitrogens with one attached hydrogen (secondary N) is 1. The number of benzene rings is 2. The summed E-state index contributed by atoms with van der Waals surface area (Å²) in [5, 5.41) is 2.70. The van der Waals surface area contributed by atoms with Gasteiger partial charge in [0.1, 0.15) is 18.4 Å². The van der Waals surface area contributed by atoms with Gasteiger partial charge in [0.2, 0.25) is 5.91 Å². The van der Waals surface area contributed by atoms with Gasteiger partial charge >= 0.3 is 6.09 Å². The van der Waals surface area contributed by atoms with E-state index in [0.29, 0.717) is 19.5 Å². The van der Waals surface area contributed by atoms with Crippen LogP contribution in [0.3, 0.4) is 0 Å². The van der Waals surface area contributed by atoms with Crippen molar-refractivity contribution in [1.82, 2.24) is 10.2 Å². The Hall–Kier alpha value is -2.80. The number of methoxy groups -OCH3 is 1. The van der Waals surface area contributed by atoms with E-state index in [1.807, 2.05) is 61.5 Å². The summed E-state index contributed by atoms with van der Waals surface area (Å²) in [6.45, 7) is 2.94. The van der Waals surface area contributed by atoms with E-state index in [-0.39, 0.29) is 12.5 Å². The summed E-state index contributed by atoms with van der Waals surface area (Å²) < 4.78 is 11.6. The second kappa shape index (κ2) is 10.3. The molecule has 2 aromatic rings. The fraction of sp³-hybridized carbons (Fsp3) is 0.304. The third-order valence-corrected chi connectivity index (χ3v) is 5.41. The van der Waals surface area contributed by atoms with Crippen LogP contribution in [-0.2, 0) is 22.7 Å². The van der Waals surface area contributed by atoms with Crippen molar-refractivity contribution in [3.63, 3.8) is 0 Å². The summed E-state index contributed by atoms with van der Waals surface area (Å²) in [6.07, 6.45) is 1.69. The molecule has 2 aromatic carbocycles. The average molecular weight is 473 g/mol. The number of hydrogen-bond donors (Lipinski definition) is 1. The highest BCUT2D eigenvalue weighted by molar-refractivity contribution is 9.11. The van der Waals surface area contributed by atoms with Crippen LogP contribution in [0.5, 0.6) is 5.75 Å². The molecule has 0 radical (unpaired) electrons. The van der Waals surface area contributed by atoms with Crippen LogP contribution in [0.15, 0.2) is 59.1 Å². The second-order valence-electron chi connectivity index (χ2n) is 7.15. The molecule has 1 atom stereocenters. The minimum atomic E-state index is -0.695. The summed E-state index contributed by atoms with van der Waals surface area (Å²) in [7, 11) is 1.62. The van der Waals surface area contributed by atoms with Gasteiger partial charge in [-0.15, -0.1) is 0 Å².